The van der Waals surface area contributed by atoms with Crippen LogP contribution in [0.4, 0.5) is 0 Å². The molecular formula is C13H22NO2+. The third-order valence-corrected chi connectivity index (χ3v) is 2.83. The minimum atomic E-state index is -0.481. The highest BCUT2D eigenvalue weighted by atomic mass is 16.5. The molecule has 3 nitrogen and oxygen atoms in total. The number of hydrogen-bond acceptors (Lipinski definition) is 2. The highest BCUT2D eigenvalue weighted by molar-refractivity contribution is 5.35. The molecule has 3 heteroatoms. The number of hydrogen-bond donors (Lipinski definition) is 2. The molecule has 0 aromatic heterocycles. The van der Waals surface area contributed by atoms with Crippen molar-refractivity contribution in [2.75, 3.05) is 13.2 Å². The van der Waals surface area contributed by atoms with Crippen LogP contribution in [-0.2, 0) is 0 Å². The van der Waals surface area contributed by atoms with E-state index < -0.39 is 6.10 Å². The van der Waals surface area contributed by atoms with E-state index in [4.69, 9.17) is 4.74 Å². The van der Waals surface area contributed by atoms with Crippen LogP contribution in [-0.4, -0.2) is 24.4 Å². The van der Waals surface area contributed by atoms with Crippen LogP contribution in [0.25, 0.3) is 0 Å². The number of para-hydroxylation sites is 1. The highest BCUT2D eigenvalue weighted by Gasteiger charge is 2.11. The molecule has 0 aliphatic heterocycles. The van der Waals surface area contributed by atoms with Gasteiger partial charge in [0, 0.05) is 0 Å². The standard InChI is InChI=1S/C13H21NO2/c1-3-10(2)12-6-4-5-7-13(12)16-9-11(15)8-14/h4-7,10-11,15H,3,8-9,14H2,1-2H3/p+1/t10-,11+/m0/s1. The van der Waals surface area contributed by atoms with E-state index in [0.717, 1.165) is 12.2 Å². The maximum atomic E-state index is 9.42. The van der Waals surface area contributed by atoms with Crippen molar-refractivity contribution in [3.05, 3.63) is 29.8 Å². The molecule has 0 heterocycles. The molecule has 1 rings (SSSR count). The lowest BCUT2D eigenvalue weighted by Crippen LogP contribution is -2.56. The maximum absolute atomic E-state index is 9.42. The van der Waals surface area contributed by atoms with Gasteiger partial charge in [-0.2, -0.15) is 0 Å². The van der Waals surface area contributed by atoms with E-state index in [1.54, 1.807) is 0 Å². The third kappa shape index (κ3) is 3.51. The van der Waals surface area contributed by atoms with Gasteiger partial charge in [0.1, 0.15) is 25.0 Å². The summed E-state index contributed by atoms with van der Waals surface area (Å²) >= 11 is 0. The molecule has 2 atom stereocenters. The van der Waals surface area contributed by atoms with Gasteiger partial charge in [-0.1, -0.05) is 32.0 Å². The molecule has 90 valence electrons. The van der Waals surface area contributed by atoms with Crippen LogP contribution in [0.5, 0.6) is 5.75 Å². The minimum absolute atomic E-state index is 0.316. The van der Waals surface area contributed by atoms with Gasteiger partial charge >= 0.3 is 0 Å². The van der Waals surface area contributed by atoms with Crippen molar-refractivity contribution in [2.24, 2.45) is 0 Å². The second kappa shape index (κ2) is 6.51. The molecular weight excluding hydrogens is 202 g/mol. The Bertz CT molecular complexity index is 315. The number of ether oxygens (including phenoxy) is 1. The smallest absolute Gasteiger partial charge is 0.136 e. The molecule has 0 spiro atoms. The summed E-state index contributed by atoms with van der Waals surface area (Å²) in [5.74, 6) is 1.36. The monoisotopic (exact) mass is 224 g/mol. The SMILES string of the molecule is CC[C@H](C)c1ccccc1OC[C@H](O)C[NH3+]. The fourth-order valence-electron chi connectivity index (χ4n) is 1.51. The van der Waals surface area contributed by atoms with Gasteiger partial charge in [0.15, 0.2) is 0 Å². The van der Waals surface area contributed by atoms with Crippen molar-refractivity contribution in [1.29, 1.82) is 0 Å². The summed E-state index contributed by atoms with van der Waals surface area (Å²) in [6.45, 7) is 5.13. The second-order valence-corrected chi connectivity index (χ2v) is 4.10. The highest BCUT2D eigenvalue weighted by Crippen LogP contribution is 2.28. The van der Waals surface area contributed by atoms with Crippen LogP contribution in [0.3, 0.4) is 0 Å². The Morgan fingerprint density at radius 2 is 2.06 bits per heavy atom. The van der Waals surface area contributed by atoms with E-state index in [2.05, 4.69) is 25.6 Å². The zero-order valence-electron chi connectivity index (χ0n) is 10.1. The van der Waals surface area contributed by atoms with Crippen molar-refractivity contribution in [3.63, 3.8) is 0 Å². The number of benzene rings is 1. The van der Waals surface area contributed by atoms with Gasteiger partial charge in [-0.05, 0) is 24.0 Å². The fraction of sp³-hybridized carbons (Fsp3) is 0.538. The average Bonchev–Trinajstić information content (AvgIpc) is 2.35. The molecule has 0 aliphatic carbocycles. The van der Waals surface area contributed by atoms with Gasteiger partial charge in [-0.15, -0.1) is 0 Å². The summed E-state index contributed by atoms with van der Waals surface area (Å²) in [5, 5.41) is 9.42. The second-order valence-electron chi connectivity index (χ2n) is 4.10. The lowest BCUT2D eigenvalue weighted by molar-refractivity contribution is -0.384. The van der Waals surface area contributed by atoms with Crippen LogP contribution in [0.1, 0.15) is 31.7 Å². The first kappa shape index (κ1) is 13.0. The van der Waals surface area contributed by atoms with Gasteiger partial charge in [-0.3, -0.25) is 0 Å². The third-order valence-electron chi connectivity index (χ3n) is 2.83. The quantitative estimate of drug-likeness (QED) is 0.762. The summed E-state index contributed by atoms with van der Waals surface area (Å²) in [5.41, 5.74) is 4.85. The summed E-state index contributed by atoms with van der Waals surface area (Å²) in [4.78, 5) is 0. The Labute approximate surface area is 97.2 Å². The molecule has 1 aromatic rings. The van der Waals surface area contributed by atoms with Crippen LogP contribution in [0, 0.1) is 0 Å². The predicted molar refractivity (Wildman–Crippen MR) is 64.4 cm³/mol. The maximum Gasteiger partial charge on any atom is 0.136 e. The first-order valence-electron chi connectivity index (χ1n) is 5.88. The van der Waals surface area contributed by atoms with Crippen LogP contribution in [0.15, 0.2) is 24.3 Å². The molecule has 0 unspecified atom stereocenters. The predicted octanol–water partition coefficient (Wildman–Crippen LogP) is 1.18. The van der Waals surface area contributed by atoms with Gasteiger partial charge in [0.25, 0.3) is 0 Å². The first-order valence-corrected chi connectivity index (χ1v) is 5.88. The molecule has 0 fully saturated rings. The first-order chi connectivity index (χ1) is 7.69. The zero-order valence-corrected chi connectivity index (χ0v) is 10.1. The van der Waals surface area contributed by atoms with Gasteiger partial charge in [0.2, 0.25) is 0 Å². The molecule has 0 saturated heterocycles. The summed E-state index contributed by atoms with van der Waals surface area (Å²) in [6, 6.07) is 8.02. The Hall–Kier alpha value is -1.06. The van der Waals surface area contributed by atoms with Gasteiger partial charge < -0.3 is 15.6 Å². The molecule has 4 N–H and O–H groups in total. The summed E-state index contributed by atoms with van der Waals surface area (Å²) in [7, 11) is 0. The Morgan fingerprint density at radius 1 is 1.38 bits per heavy atom. The number of aliphatic hydroxyl groups excluding tert-OH is 1. The molecule has 1 aromatic carbocycles. The van der Waals surface area contributed by atoms with Crippen molar-refractivity contribution in [3.8, 4) is 5.75 Å². The summed E-state index contributed by atoms with van der Waals surface area (Å²) in [6.07, 6.45) is 0.600. The molecule has 0 radical (unpaired) electrons. The average molecular weight is 224 g/mol. The Kier molecular flexibility index (Phi) is 5.29. The number of rotatable bonds is 6. The zero-order chi connectivity index (χ0) is 12.0. The normalized spacial score (nSPS) is 14.5. The number of aliphatic hydroxyl groups is 1. The van der Waals surface area contributed by atoms with Crippen molar-refractivity contribution < 1.29 is 15.6 Å². The van der Waals surface area contributed by atoms with E-state index >= 15 is 0 Å². The van der Waals surface area contributed by atoms with Crippen LogP contribution >= 0.6 is 0 Å². The summed E-state index contributed by atoms with van der Waals surface area (Å²) < 4.78 is 5.62. The number of quaternary nitrogens is 1. The van der Waals surface area contributed by atoms with Crippen LogP contribution < -0.4 is 10.5 Å². The fourth-order valence-corrected chi connectivity index (χ4v) is 1.51. The van der Waals surface area contributed by atoms with Crippen molar-refractivity contribution in [1.82, 2.24) is 0 Å². The lowest BCUT2D eigenvalue weighted by atomic mass is 9.98. The van der Waals surface area contributed by atoms with Crippen molar-refractivity contribution >= 4 is 0 Å². The van der Waals surface area contributed by atoms with E-state index in [1.807, 2.05) is 18.2 Å². The molecule has 0 saturated carbocycles. The molecule has 0 bridgehead atoms. The van der Waals surface area contributed by atoms with E-state index in [0.29, 0.717) is 19.1 Å². The van der Waals surface area contributed by atoms with Gasteiger partial charge in [-0.25, -0.2) is 0 Å². The van der Waals surface area contributed by atoms with E-state index in [9.17, 15) is 5.11 Å². The van der Waals surface area contributed by atoms with E-state index in [1.165, 1.54) is 5.56 Å². The topological polar surface area (TPSA) is 57.1 Å². The molecule has 16 heavy (non-hydrogen) atoms. The van der Waals surface area contributed by atoms with E-state index in [-0.39, 0.29) is 0 Å². The minimum Gasteiger partial charge on any atom is -0.490 e. The molecule has 0 amide bonds. The van der Waals surface area contributed by atoms with Gasteiger partial charge in [0.05, 0.1) is 0 Å². The lowest BCUT2D eigenvalue weighted by Gasteiger charge is -2.16. The Balaban J connectivity index is 2.71. The Morgan fingerprint density at radius 3 is 2.69 bits per heavy atom. The largest absolute Gasteiger partial charge is 0.490 e. The van der Waals surface area contributed by atoms with Crippen LogP contribution in [0.2, 0.25) is 0 Å². The van der Waals surface area contributed by atoms with Crippen molar-refractivity contribution in [2.45, 2.75) is 32.3 Å². The molecule has 0 aliphatic rings.